The lowest BCUT2D eigenvalue weighted by atomic mass is 10.1. The number of amides is 1. The van der Waals surface area contributed by atoms with E-state index in [-0.39, 0.29) is 12.5 Å². The predicted molar refractivity (Wildman–Crippen MR) is 121 cm³/mol. The van der Waals surface area contributed by atoms with Gasteiger partial charge in [-0.3, -0.25) is 9.48 Å². The molecule has 2 aromatic carbocycles. The SMILES string of the molecule is CCN(CC)C(=O)COC(=O)/C=C/c1cn(Cc2ccccc2)nc1-c1ccccc1. The first-order chi connectivity index (χ1) is 15.1. The van der Waals surface area contributed by atoms with Crippen molar-refractivity contribution in [3.05, 3.63) is 84.1 Å². The number of ether oxygens (including phenoxy) is 1. The van der Waals surface area contributed by atoms with E-state index < -0.39 is 5.97 Å². The Morgan fingerprint density at radius 3 is 2.29 bits per heavy atom. The van der Waals surface area contributed by atoms with Crippen LogP contribution in [0.2, 0.25) is 0 Å². The number of benzene rings is 2. The van der Waals surface area contributed by atoms with Crippen LogP contribution in [0.1, 0.15) is 25.0 Å². The minimum atomic E-state index is -0.560. The van der Waals surface area contributed by atoms with Gasteiger partial charge in [-0.1, -0.05) is 60.7 Å². The van der Waals surface area contributed by atoms with E-state index in [2.05, 4.69) is 0 Å². The van der Waals surface area contributed by atoms with Crippen LogP contribution in [-0.2, 0) is 20.9 Å². The van der Waals surface area contributed by atoms with E-state index in [0.717, 1.165) is 22.4 Å². The molecule has 3 aromatic rings. The molecule has 0 aliphatic heterocycles. The lowest BCUT2D eigenvalue weighted by molar-refractivity contribution is -0.147. The summed E-state index contributed by atoms with van der Waals surface area (Å²) in [6.07, 6.45) is 4.92. The smallest absolute Gasteiger partial charge is 0.331 e. The highest BCUT2D eigenvalue weighted by Gasteiger charge is 2.13. The molecule has 0 bridgehead atoms. The maximum atomic E-state index is 12.2. The Morgan fingerprint density at radius 2 is 1.65 bits per heavy atom. The van der Waals surface area contributed by atoms with Gasteiger partial charge in [-0.15, -0.1) is 0 Å². The summed E-state index contributed by atoms with van der Waals surface area (Å²) >= 11 is 0. The Kier molecular flexibility index (Phi) is 7.76. The molecular weight excluding hydrogens is 390 g/mol. The van der Waals surface area contributed by atoms with Crippen molar-refractivity contribution < 1.29 is 14.3 Å². The molecule has 160 valence electrons. The average molecular weight is 418 g/mol. The zero-order valence-corrected chi connectivity index (χ0v) is 17.9. The minimum Gasteiger partial charge on any atom is -0.452 e. The molecule has 0 saturated carbocycles. The maximum Gasteiger partial charge on any atom is 0.331 e. The molecule has 1 amide bonds. The number of hydrogen-bond donors (Lipinski definition) is 0. The van der Waals surface area contributed by atoms with Crippen LogP contribution in [0.4, 0.5) is 0 Å². The first-order valence-corrected chi connectivity index (χ1v) is 10.4. The van der Waals surface area contributed by atoms with Gasteiger partial charge in [0.15, 0.2) is 6.61 Å². The highest BCUT2D eigenvalue weighted by molar-refractivity contribution is 5.90. The zero-order chi connectivity index (χ0) is 22.1. The number of carbonyl (C=O) groups is 2. The zero-order valence-electron chi connectivity index (χ0n) is 17.9. The van der Waals surface area contributed by atoms with E-state index in [9.17, 15) is 9.59 Å². The van der Waals surface area contributed by atoms with Crippen LogP contribution in [0.25, 0.3) is 17.3 Å². The summed E-state index contributed by atoms with van der Waals surface area (Å²) in [5, 5.41) is 4.73. The van der Waals surface area contributed by atoms with Gasteiger partial charge in [0.25, 0.3) is 5.91 Å². The van der Waals surface area contributed by atoms with Gasteiger partial charge in [0.05, 0.1) is 12.2 Å². The third-order valence-corrected chi connectivity index (χ3v) is 4.88. The molecule has 0 radical (unpaired) electrons. The number of esters is 1. The van der Waals surface area contributed by atoms with Crippen molar-refractivity contribution in [1.82, 2.24) is 14.7 Å². The fourth-order valence-corrected chi connectivity index (χ4v) is 3.24. The topological polar surface area (TPSA) is 64.4 Å². The second-order valence-electron chi connectivity index (χ2n) is 6.99. The molecule has 6 heteroatoms. The number of nitrogens with zero attached hydrogens (tertiary/aromatic N) is 3. The predicted octanol–water partition coefficient (Wildman–Crippen LogP) is 4.02. The fraction of sp³-hybridized carbons (Fsp3) is 0.240. The molecule has 6 nitrogen and oxygen atoms in total. The Balaban J connectivity index is 1.75. The van der Waals surface area contributed by atoms with Crippen LogP contribution >= 0.6 is 0 Å². The van der Waals surface area contributed by atoms with E-state index in [4.69, 9.17) is 9.84 Å². The van der Waals surface area contributed by atoms with Crippen molar-refractivity contribution in [2.24, 2.45) is 0 Å². The Hall–Kier alpha value is -3.67. The number of hydrogen-bond acceptors (Lipinski definition) is 4. The second kappa shape index (κ2) is 10.9. The summed E-state index contributed by atoms with van der Waals surface area (Å²) in [4.78, 5) is 25.8. The van der Waals surface area contributed by atoms with Crippen LogP contribution in [0, 0.1) is 0 Å². The Labute approximate surface area is 182 Å². The molecule has 0 N–H and O–H groups in total. The molecule has 0 saturated heterocycles. The van der Waals surface area contributed by atoms with Crippen molar-refractivity contribution in [2.75, 3.05) is 19.7 Å². The van der Waals surface area contributed by atoms with E-state index in [0.29, 0.717) is 19.6 Å². The molecule has 0 atom stereocenters. The van der Waals surface area contributed by atoms with Crippen LogP contribution in [0.15, 0.2) is 72.9 Å². The number of carbonyl (C=O) groups excluding carboxylic acids is 2. The quantitative estimate of drug-likeness (QED) is 0.390. The first-order valence-electron chi connectivity index (χ1n) is 10.4. The molecule has 0 unspecified atom stereocenters. The normalized spacial score (nSPS) is 10.9. The van der Waals surface area contributed by atoms with Crippen molar-refractivity contribution in [2.45, 2.75) is 20.4 Å². The first kappa shape index (κ1) is 22.0. The van der Waals surface area contributed by atoms with Gasteiger partial charge in [-0.05, 0) is 25.5 Å². The van der Waals surface area contributed by atoms with Gasteiger partial charge in [0.2, 0.25) is 0 Å². The molecule has 0 spiro atoms. The highest BCUT2D eigenvalue weighted by atomic mass is 16.5. The van der Waals surface area contributed by atoms with Gasteiger partial charge in [-0.25, -0.2) is 4.79 Å². The number of rotatable bonds is 9. The molecule has 31 heavy (non-hydrogen) atoms. The van der Waals surface area contributed by atoms with E-state index in [1.807, 2.05) is 85.4 Å². The molecule has 0 fully saturated rings. The van der Waals surface area contributed by atoms with E-state index >= 15 is 0 Å². The van der Waals surface area contributed by atoms with Crippen LogP contribution in [0.5, 0.6) is 0 Å². The summed E-state index contributed by atoms with van der Waals surface area (Å²) in [6.45, 7) is 5.32. The van der Waals surface area contributed by atoms with Gasteiger partial charge in [0.1, 0.15) is 0 Å². The second-order valence-corrected chi connectivity index (χ2v) is 6.99. The summed E-state index contributed by atoms with van der Waals surface area (Å²) < 4.78 is 6.97. The standard InChI is InChI=1S/C25H27N3O3/c1-3-27(4-2)23(29)19-31-24(30)16-15-22-18-28(17-20-11-7-5-8-12-20)26-25(22)21-13-9-6-10-14-21/h5-16,18H,3-4,17,19H2,1-2H3/b16-15+. The lowest BCUT2D eigenvalue weighted by Crippen LogP contribution is -2.34. The third kappa shape index (κ3) is 6.15. The summed E-state index contributed by atoms with van der Waals surface area (Å²) in [6, 6.07) is 19.9. The summed E-state index contributed by atoms with van der Waals surface area (Å²) in [5.74, 6) is -0.761. The van der Waals surface area contributed by atoms with Crippen molar-refractivity contribution >= 4 is 18.0 Å². The number of aromatic nitrogens is 2. The molecule has 0 aliphatic rings. The van der Waals surface area contributed by atoms with Gasteiger partial charge in [0, 0.05) is 36.5 Å². The summed E-state index contributed by atoms with van der Waals surface area (Å²) in [5.41, 5.74) is 3.67. The van der Waals surface area contributed by atoms with Gasteiger partial charge >= 0.3 is 5.97 Å². The lowest BCUT2D eigenvalue weighted by Gasteiger charge is -2.17. The summed E-state index contributed by atoms with van der Waals surface area (Å²) in [7, 11) is 0. The molecular formula is C25H27N3O3. The van der Waals surface area contributed by atoms with Crippen molar-refractivity contribution in [3.63, 3.8) is 0 Å². The average Bonchev–Trinajstić information content (AvgIpc) is 3.21. The molecule has 1 heterocycles. The Bertz CT molecular complexity index is 1020. The van der Waals surface area contributed by atoms with Gasteiger partial charge in [-0.2, -0.15) is 5.10 Å². The van der Waals surface area contributed by atoms with Crippen LogP contribution < -0.4 is 0 Å². The molecule has 1 aromatic heterocycles. The molecule has 3 rings (SSSR count). The van der Waals surface area contributed by atoms with Crippen LogP contribution in [0.3, 0.4) is 0 Å². The maximum absolute atomic E-state index is 12.2. The fourth-order valence-electron chi connectivity index (χ4n) is 3.24. The Morgan fingerprint density at radius 1 is 1.00 bits per heavy atom. The highest BCUT2D eigenvalue weighted by Crippen LogP contribution is 2.23. The minimum absolute atomic E-state index is 0.201. The van der Waals surface area contributed by atoms with Crippen molar-refractivity contribution in [3.8, 4) is 11.3 Å². The van der Waals surface area contributed by atoms with Crippen LogP contribution in [-0.4, -0.2) is 46.3 Å². The largest absolute Gasteiger partial charge is 0.452 e. The van der Waals surface area contributed by atoms with E-state index in [1.54, 1.807) is 11.0 Å². The van der Waals surface area contributed by atoms with Gasteiger partial charge < -0.3 is 9.64 Å². The monoisotopic (exact) mass is 417 g/mol. The third-order valence-electron chi connectivity index (χ3n) is 4.88. The van der Waals surface area contributed by atoms with Crippen molar-refractivity contribution in [1.29, 1.82) is 0 Å². The number of likely N-dealkylation sites (N-methyl/N-ethyl adjacent to an activating group) is 1. The molecule has 0 aliphatic carbocycles. The van der Waals surface area contributed by atoms with E-state index in [1.165, 1.54) is 6.08 Å².